The number of nitrogens with zero attached hydrogens (tertiary/aromatic N) is 2. The molecule has 2 heterocycles. The SMILES string of the molecule is O=C(NCc1ccccc1Cl)c1cccc2c1C(=O)N(Cc1cccnc1)C2. The van der Waals surface area contributed by atoms with E-state index in [1.165, 1.54) is 0 Å². The van der Waals surface area contributed by atoms with E-state index in [4.69, 9.17) is 11.6 Å². The Morgan fingerprint density at radius 3 is 2.75 bits per heavy atom. The van der Waals surface area contributed by atoms with Crippen LogP contribution in [0, 0.1) is 0 Å². The van der Waals surface area contributed by atoms with Crippen molar-refractivity contribution >= 4 is 23.4 Å². The van der Waals surface area contributed by atoms with Crippen LogP contribution in [-0.2, 0) is 19.6 Å². The number of hydrogen-bond donors (Lipinski definition) is 1. The summed E-state index contributed by atoms with van der Waals surface area (Å²) in [4.78, 5) is 31.5. The van der Waals surface area contributed by atoms with Gasteiger partial charge in [-0.3, -0.25) is 14.6 Å². The second-order valence-electron chi connectivity index (χ2n) is 6.64. The summed E-state index contributed by atoms with van der Waals surface area (Å²) in [5.74, 6) is -0.421. The van der Waals surface area contributed by atoms with Gasteiger partial charge in [-0.15, -0.1) is 0 Å². The van der Waals surface area contributed by atoms with Crippen molar-refractivity contribution in [1.29, 1.82) is 0 Å². The Bertz CT molecular complexity index is 1040. The van der Waals surface area contributed by atoms with Crippen molar-refractivity contribution in [3.63, 3.8) is 0 Å². The lowest BCUT2D eigenvalue weighted by Gasteiger charge is -2.15. The van der Waals surface area contributed by atoms with Crippen LogP contribution in [0.5, 0.6) is 0 Å². The minimum Gasteiger partial charge on any atom is -0.348 e. The van der Waals surface area contributed by atoms with Gasteiger partial charge < -0.3 is 10.2 Å². The molecule has 3 aromatic rings. The molecule has 1 aliphatic rings. The van der Waals surface area contributed by atoms with Gasteiger partial charge >= 0.3 is 0 Å². The molecule has 2 amide bonds. The van der Waals surface area contributed by atoms with E-state index < -0.39 is 0 Å². The first kappa shape index (κ1) is 18.2. The number of amides is 2. The van der Waals surface area contributed by atoms with Crippen LogP contribution in [0.15, 0.2) is 67.0 Å². The highest BCUT2D eigenvalue weighted by Crippen LogP contribution is 2.27. The lowest BCUT2D eigenvalue weighted by molar-refractivity contribution is 0.0761. The highest BCUT2D eigenvalue weighted by Gasteiger charge is 2.31. The number of hydrogen-bond acceptors (Lipinski definition) is 3. The number of fused-ring (bicyclic) bond motifs is 1. The van der Waals surface area contributed by atoms with Gasteiger partial charge in [0.1, 0.15) is 0 Å². The van der Waals surface area contributed by atoms with Gasteiger partial charge in [-0.25, -0.2) is 0 Å². The molecule has 0 saturated heterocycles. The standard InChI is InChI=1S/C22H18ClN3O2/c23-19-9-2-1-6-16(19)12-25-21(27)18-8-3-7-17-14-26(22(28)20(17)18)13-15-5-4-10-24-11-15/h1-11H,12-14H2,(H,25,27). The van der Waals surface area contributed by atoms with E-state index in [2.05, 4.69) is 10.3 Å². The third-order valence-electron chi connectivity index (χ3n) is 4.75. The highest BCUT2D eigenvalue weighted by atomic mass is 35.5. The number of aromatic nitrogens is 1. The average Bonchev–Trinajstić information content (AvgIpc) is 3.03. The molecule has 0 bridgehead atoms. The van der Waals surface area contributed by atoms with Crippen molar-refractivity contribution in [3.8, 4) is 0 Å². The van der Waals surface area contributed by atoms with Gasteiger partial charge in [-0.2, -0.15) is 0 Å². The number of rotatable bonds is 5. The molecule has 1 aromatic heterocycles. The van der Waals surface area contributed by atoms with E-state index in [9.17, 15) is 9.59 Å². The molecule has 6 heteroatoms. The normalized spacial score (nSPS) is 12.8. The second kappa shape index (κ2) is 7.82. The molecule has 0 fully saturated rings. The van der Waals surface area contributed by atoms with Gasteiger partial charge in [0, 0.05) is 37.1 Å². The van der Waals surface area contributed by atoms with Crippen LogP contribution in [0.1, 0.15) is 37.4 Å². The van der Waals surface area contributed by atoms with Gasteiger partial charge in [0.25, 0.3) is 11.8 Å². The summed E-state index contributed by atoms with van der Waals surface area (Å²) in [6, 6.07) is 16.5. The van der Waals surface area contributed by atoms with Gasteiger partial charge in [0.05, 0.1) is 11.1 Å². The first-order valence-electron chi connectivity index (χ1n) is 8.95. The maximum atomic E-state index is 13.0. The smallest absolute Gasteiger partial charge is 0.255 e. The maximum absolute atomic E-state index is 13.0. The lowest BCUT2D eigenvalue weighted by Crippen LogP contribution is -2.27. The Hall–Kier alpha value is -3.18. The number of carbonyl (C=O) groups is 2. The number of carbonyl (C=O) groups excluding carboxylic acids is 2. The molecule has 0 spiro atoms. The number of halogens is 1. The van der Waals surface area contributed by atoms with Crippen LogP contribution >= 0.6 is 11.6 Å². The van der Waals surface area contributed by atoms with E-state index >= 15 is 0 Å². The summed E-state index contributed by atoms with van der Waals surface area (Å²) in [7, 11) is 0. The maximum Gasteiger partial charge on any atom is 0.255 e. The molecule has 1 aliphatic heterocycles. The van der Waals surface area contributed by atoms with Crippen molar-refractivity contribution in [2.75, 3.05) is 0 Å². The fraction of sp³-hybridized carbons (Fsp3) is 0.136. The summed E-state index contributed by atoms with van der Waals surface area (Å²) < 4.78 is 0. The van der Waals surface area contributed by atoms with Gasteiger partial charge in [0.15, 0.2) is 0 Å². The van der Waals surface area contributed by atoms with Crippen molar-refractivity contribution in [3.05, 3.63) is 99.8 Å². The predicted octanol–water partition coefficient (Wildman–Crippen LogP) is 3.82. The highest BCUT2D eigenvalue weighted by molar-refractivity contribution is 6.31. The molecule has 2 aromatic carbocycles. The Balaban J connectivity index is 1.52. The van der Waals surface area contributed by atoms with Crippen LogP contribution < -0.4 is 5.32 Å². The van der Waals surface area contributed by atoms with Crippen molar-refractivity contribution in [2.45, 2.75) is 19.6 Å². The molecule has 0 unspecified atom stereocenters. The number of nitrogens with one attached hydrogen (secondary N) is 1. The zero-order valence-corrected chi connectivity index (χ0v) is 15.8. The molecule has 0 saturated carbocycles. The third kappa shape index (κ3) is 3.62. The average molecular weight is 392 g/mol. The summed E-state index contributed by atoms with van der Waals surface area (Å²) in [6.07, 6.45) is 3.44. The summed E-state index contributed by atoms with van der Waals surface area (Å²) >= 11 is 6.15. The topological polar surface area (TPSA) is 62.3 Å². The van der Waals surface area contributed by atoms with Gasteiger partial charge in [-0.1, -0.05) is 48.0 Å². The van der Waals surface area contributed by atoms with Gasteiger partial charge in [0.2, 0.25) is 0 Å². The summed E-state index contributed by atoms with van der Waals surface area (Å²) in [5, 5.41) is 3.46. The minimum atomic E-state index is -0.284. The molecular weight excluding hydrogens is 374 g/mol. The molecule has 0 atom stereocenters. The van der Waals surface area contributed by atoms with E-state index in [1.54, 1.807) is 29.4 Å². The van der Waals surface area contributed by atoms with E-state index in [-0.39, 0.29) is 11.8 Å². The van der Waals surface area contributed by atoms with Crippen LogP contribution in [0.4, 0.5) is 0 Å². The quantitative estimate of drug-likeness (QED) is 0.719. The zero-order chi connectivity index (χ0) is 19.5. The van der Waals surface area contributed by atoms with E-state index in [0.29, 0.717) is 35.8 Å². The lowest BCUT2D eigenvalue weighted by atomic mass is 10.0. The van der Waals surface area contributed by atoms with Crippen molar-refractivity contribution < 1.29 is 9.59 Å². The minimum absolute atomic E-state index is 0.137. The van der Waals surface area contributed by atoms with Crippen LogP contribution in [-0.4, -0.2) is 21.7 Å². The second-order valence-corrected chi connectivity index (χ2v) is 7.04. The monoisotopic (exact) mass is 391 g/mol. The number of pyridine rings is 1. The van der Waals surface area contributed by atoms with Crippen molar-refractivity contribution in [2.24, 2.45) is 0 Å². The largest absolute Gasteiger partial charge is 0.348 e. The molecular formula is C22H18ClN3O2. The third-order valence-corrected chi connectivity index (χ3v) is 5.12. The summed E-state index contributed by atoms with van der Waals surface area (Å²) in [5.41, 5.74) is 3.51. The fourth-order valence-electron chi connectivity index (χ4n) is 3.36. The first-order chi connectivity index (χ1) is 13.6. The molecule has 140 valence electrons. The van der Waals surface area contributed by atoms with Gasteiger partial charge in [-0.05, 0) is 34.9 Å². The molecule has 4 rings (SSSR count). The Labute approximate surface area is 168 Å². The Morgan fingerprint density at radius 1 is 1.11 bits per heavy atom. The fourth-order valence-corrected chi connectivity index (χ4v) is 3.56. The van der Waals surface area contributed by atoms with Crippen LogP contribution in [0.25, 0.3) is 0 Å². The zero-order valence-electron chi connectivity index (χ0n) is 15.1. The summed E-state index contributed by atoms with van der Waals surface area (Å²) in [6.45, 7) is 1.24. The molecule has 0 radical (unpaired) electrons. The first-order valence-corrected chi connectivity index (χ1v) is 9.33. The molecule has 0 aliphatic carbocycles. The number of benzene rings is 2. The van der Waals surface area contributed by atoms with Crippen LogP contribution in [0.2, 0.25) is 5.02 Å². The Kier molecular flexibility index (Phi) is 5.08. The van der Waals surface area contributed by atoms with E-state index in [1.807, 2.05) is 42.5 Å². The molecule has 1 N–H and O–H groups in total. The van der Waals surface area contributed by atoms with Crippen molar-refractivity contribution in [1.82, 2.24) is 15.2 Å². The van der Waals surface area contributed by atoms with E-state index in [0.717, 1.165) is 16.7 Å². The molecule has 5 nitrogen and oxygen atoms in total. The van der Waals surface area contributed by atoms with Crippen LogP contribution in [0.3, 0.4) is 0 Å². The Morgan fingerprint density at radius 2 is 1.96 bits per heavy atom. The molecule has 28 heavy (non-hydrogen) atoms. The predicted molar refractivity (Wildman–Crippen MR) is 107 cm³/mol.